The molecule has 0 unspecified atom stereocenters. The van der Waals surface area contributed by atoms with E-state index in [9.17, 15) is 14.0 Å². The van der Waals surface area contributed by atoms with E-state index in [0.717, 1.165) is 0 Å². The molecule has 0 aliphatic carbocycles. The number of benzene rings is 1. The largest absolute Gasteiger partial charge is 0.480 e. The van der Waals surface area contributed by atoms with Crippen LogP contribution in [0.3, 0.4) is 0 Å². The van der Waals surface area contributed by atoms with Gasteiger partial charge < -0.3 is 10.4 Å². The number of carbonyl (C=O) groups is 2. The quantitative estimate of drug-likeness (QED) is 0.894. The smallest absolute Gasteiger partial charge is 0.326 e. The van der Waals surface area contributed by atoms with Crippen molar-refractivity contribution in [2.24, 2.45) is 5.41 Å². The zero-order valence-corrected chi connectivity index (χ0v) is 12.4. The molecule has 4 nitrogen and oxygen atoms in total. The van der Waals surface area contributed by atoms with Crippen LogP contribution in [0.25, 0.3) is 0 Å². The molecule has 0 saturated heterocycles. The van der Waals surface area contributed by atoms with Gasteiger partial charge in [0, 0.05) is 0 Å². The van der Waals surface area contributed by atoms with Gasteiger partial charge >= 0.3 is 5.97 Å². The molecule has 2 N–H and O–H groups in total. The molecular weight excluding hydrogens is 317 g/mol. The Morgan fingerprint density at radius 1 is 1.37 bits per heavy atom. The number of rotatable bonds is 3. The van der Waals surface area contributed by atoms with Gasteiger partial charge in [0.05, 0.1) is 10.0 Å². The number of carbonyl (C=O) groups excluding carboxylic acids is 1. The highest BCUT2D eigenvalue weighted by molar-refractivity contribution is 9.10. The Labute approximate surface area is 119 Å². The predicted octanol–water partition coefficient (Wildman–Crippen LogP) is 2.82. The van der Waals surface area contributed by atoms with Crippen LogP contribution in [0.4, 0.5) is 4.39 Å². The van der Waals surface area contributed by atoms with E-state index < -0.39 is 29.2 Å². The Balaban J connectivity index is 3.02. The van der Waals surface area contributed by atoms with E-state index in [-0.39, 0.29) is 10.0 Å². The van der Waals surface area contributed by atoms with Crippen LogP contribution < -0.4 is 5.32 Å². The summed E-state index contributed by atoms with van der Waals surface area (Å²) in [5.41, 5.74) is -0.867. The first-order valence-corrected chi connectivity index (χ1v) is 6.41. The Morgan fingerprint density at radius 3 is 2.42 bits per heavy atom. The number of aliphatic carboxylic acids is 1. The Kier molecular flexibility index (Phi) is 4.68. The first kappa shape index (κ1) is 15.6. The summed E-state index contributed by atoms with van der Waals surface area (Å²) in [5, 5.41) is 11.5. The molecule has 0 spiro atoms. The molecule has 1 aromatic rings. The second-order valence-corrected chi connectivity index (χ2v) is 6.07. The maximum Gasteiger partial charge on any atom is 0.326 e. The Hall–Kier alpha value is -1.43. The molecular formula is C13H15BrFNO3. The fourth-order valence-electron chi connectivity index (χ4n) is 1.54. The van der Waals surface area contributed by atoms with Crippen molar-refractivity contribution in [1.29, 1.82) is 0 Å². The van der Waals surface area contributed by atoms with Crippen LogP contribution in [-0.2, 0) is 4.79 Å². The standard InChI is InChI=1S/C13H15BrFNO3/c1-13(2,3)10(12(18)19)16-11(17)7-5-4-6-8(14)9(7)15/h4-6,10H,1-3H3,(H,16,17)(H,18,19)/t10-/m1/s1. The summed E-state index contributed by atoms with van der Waals surface area (Å²) >= 11 is 2.98. The predicted molar refractivity (Wildman–Crippen MR) is 72.4 cm³/mol. The molecule has 0 aliphatic rings. The molecule has 0 radical (unpaired) electrons. The number of carboxylic acid groups (broad SMARTS) is 1. The van der Waals surface area contributed by atoms with Gasteiger partial charge in [0.1, 0.15) is 11.9 Å². The van der Waals surface area contributed by atoms with Crippen molar-refractivity contribution in [2.75, 3.05) is 0 Å². The average molecular weight is 332 g/mol. The maximum absolute atomic E-state index is 13.7. The summed E-state index contributed by atoms with van der Waals surface area (Å²) in [5.74, 6) is -2.62. The summed E-state index contributed by atoms with van der Waals surface area (Å²) in [6.07, 6.45) is 0. The fraction of sp³-hybridized carbons (Fsp3) is 0.385. The molecule has 0 fully saturated rings. The maximum atomic E-state index is 13.7. The summed E-state index contributed by atoms with van der Waals surface area (Å²) in [6, 6.07) is 3.18. The van der Waals surface area contributed by atoms with Crippen molar-refractivity contribution < 1.29 is 19.1 Å². The molecule has 19 heavy (non-hydrogen) atoms. The van der Waals surface area contributed by atoms with Crippen LogP contribution >= 0.6 is 15.9 Å². The molecule has 0 saturated carbocycles. The van der Waals surface area contributed by atoms with E-state index in [1.807, 2.05) is 0 Å². The van der Waals surface area contributed by atoms with Crippen LogP contribution in [0.1, 0.15) is 31.1 Å². The number of nitrogens with one attached hydrogen (secondary N) is 1. The zero-order chi connectivity index (χ0) is 14.8. The van der Waals surface area contributed by atoms with Gasteiger partial charge in [-0.3, -0.25) is 4.79 Å². The molecule has 0 aromatic heterocycles. The lowest BCUT2D eigenvalue weighted by atomic mass is 9.86. The van der Waals surface area contributed by atoms with Gasteiger partial charge in [-0.05, 0) is 33.5 Å². The number of hydrogen-bond donors (Lipinski definition) is 2. The van der Waals surface area contributed by atoms with Gasteiger partial charge in [-0.2, -0.15) is 0 Å². The van der Waals surface area contributed by atoms with Gasteiger partial charge in [0.15, 0.2) is 0 Å². The van der Waals surface area contributed by atoms with Crippen molar-refractivity contribution in [1.82, 2.24) is 5.32 Å². The zero-order valence-electron chi connectivity index (χ0n) is 10.8. The monoisotopic (exact) mass is 331 g/mol. The van der Waals surface area contributed by atoms with Crippen LogP contribution in [0.5, 0.6) is 0 Å². The lowest BCUT2D eigenvalue weighted by Crippen LogP contribution is -2.49. The van der Waals surface area contributed by atoms with E-state index in [4.69, 9.17) is 5.11 Å². The van der Waals surface area contributed by atoms with Gasteiger partial charge in [-0.1, -0.05) is 26.8 Å². The van der Waals surface area contributed by atoms with Crippen LogP contribution in [0, 0.1) is 11.2 Å². The van der Waals surface area contributed by atoms with E-state index in [1.54, 1.807) is 20.8 Å². The number of halogens is 2. The first-order valence-electron chi connectivity index (χ1n) is 5.62. The van der Waals surface area contributed by atoms with Crippen LogP contribution in [0.2, 0.25) is 0 Å². The normalized spacial score (nSPS) is 12.9. The third-order valence-electron chi connectivity index (χ3n) is 2.58. The number of carboxylic acids is 1. The number of amides is 1. The molecule has 1 aromatic carbocycles. The molecule has 0 aliphatic heterocycles. The minimum absolute atomic E-state index is 0.155. The second-order valence-electron chi connectivity index (χ2n) is 5.21. The summed E-state index contributed by atoms with van der Waals surface area (Å²) in [7, 11) is 0. The van der Waals surface area contributed by atoms with Gasteiger partial charge in [-0.15, -0.1) is 0 Å². The second kappa shape index (κ2) is 5.69. The van der Waals surface area contributed by atoms with E-state index in [2.05, 4.69) is 21.2 Å². The molecule has 1 rings (SSSR count). The van der Waals surface area contributed by atoms with Crippen molar-refractivity contribution in [3.05, 3.63) is 34.1 Å². The van der Waals surface area contributed by atoms with E-state index in [0.29, 0.717) is 0 Å². The third-order valence-corrected chi connectivity index (χ3v) is 3.20. The Bertz CT molecular complexity index is 511. The van der Waals surface area contributed by atoms with E-state index in [1.165, 1.54) is 18.2 Å². The molecule has 6 heteroatoms. The topological polar surface area (TPSA) is 66.4 Å². The Morgan fingerprint density at radius 2 is 1.95 bits per heavy atom. The third kappa shape index (κ3) is 3.76. The first-order chi connectivity index (χ1) is 8.64. The lowest BCUT2D eigenvalue weighted by molar-refractivity contribution is -0.142. The van der Waals surface area contributed by atoms with Gasteiger partial charge in [-0.25, -0.2) is 9.18 Å². The van der Waals surface area contributed by atoms with Crippen molar-refractivity contribution in [3.8, 4) is 0 Å². The van der Waals surface area contributed by atoms with E-state index >= 15 is 0 Å². The molecule has 0 heterocycles. The van der Waals surface area contributed by atoms with Crippen molar-refractivity contribution in [3.63, 3.8) is 0 Å². The van der Waals surface area contributed by atoms with Crippen LogP contribution in [-0.4, -0.2) is 23.0 Å². The summed E-state index contributed by atoms with van der Waals surface area (Å²) in [4.78, 5) is 23.1. The molecule has 0 bridgehead atoms. The number of hydrogen-bond acceptors (Lipinski definition) is 2. The summed E-state index contributed by atoms with van der Waals surface area (Å²) < 4.78 is 13.9. The minimum Gasteiger partial charge on any atom is -0.480 e. The highest BCUT2D eigenvalue weighted by Crippen LogP contribution is 2.22. The van der Waals surface area contributed by atoms with Gasteiger partial charge in [0.25, 0.3) is 5.91 Å². The molecule has 104 valence electrons. The molecule has 1 amide bonds. The minimum atomic E-state index is -1.16. The highest BCUT2D eigenvalue weighted by atomic mass is 79.9. The molecule has 1 atom stereocenters. The average Bonchev–Trinajstić information content (AvgIpc) is 2.27. The SMILES string of the molecule is CC(C)(C)[C@H](NC(=O)c1cccc(Br)c1F)C(=O)O. The van der Waals surface area contributed by atoms with Crippen LogP contribution in [0.15, 0.2) is 22.7 Å². The van der Waals surface area contributed by atoms with Crippen molar-refractivity contribution in [2.45, 2.75) is 26.8 Å². The summed E-state index contributed by atoms with van der Waals surface area (Å²) in [6.45, 7) is 5.05. The lowest BCUT2D eigenvalue weighted by Gasteiger charge is -2.27. The van der Waals surface area contributed by atoms with Crippen molar-refractivity contribution >= 4 is 27.8 Å². The highest BCUT2D eigenvalue weighted by Gasteiger charge is 2.33. The fourth-order valence-corrected chi connectivity index (χ4v) is 1.90. The van der Waals surface area contributed by atoms with Gasteiger partial charge in [0.2, 0.25) is 0 Å².